The van der Waals surface area contributed by atoms with E-state index in [-0.39, 0.29) is 16.6 Å². The molecule has 1 aliphatic rings. The first kappa shape index (κ1) is 14.9. The number of sulfonamides is 1. The maximum atomic E-state index is 12.6. The molecule has 1 aromatic carbocycles. The van der Waals surface area contributed by atoms with E-state index in [0.29, 0.717) is 6.54 Å². The lowest BCUT2D eigenvalue weighted by Gasteiger charge is -2.30. The first-order valence-corrected chi connectivity index (χ1v) is 7.81. The van der Waals surface area contributed by atoms with Crippen molar-refractivity contribution in [3.8, 4) is 0 Å². The third kappa shape index (κ3) is 2.82. The van der Waals surface area contributed by atoms with Crippen LogP contribution in [0.3, 0.4) is 0 Å². The zero-order valence-electron chi connectivity index (χ0n) is 11.2. The van der Waals surface area contributed by atoms with Crippen molar-refractivity contribution < 1.29 is 13.3 Å². The molecule has 1 N–H and O–H groups in total. The molecule has 0 saturated carbocycles. The Bertz CT molecular complexity index is 596. The van der Waals surface area contributed by atoms with Crippen LogP contribution in [0.4, 0.5) is 5.69 Å². The first-order valence-electron chi connectivity index (χ1n) is 6.37. The number of para-hydroxylation sites is 1. The number of piperidine rings is 1. The molecular formula is C12H17N3O4S. The highest BCUT2D eigenvalue weighted by atomic mass is 32.2. The molecule has 20 heavy (non-hydrogen) atoms. The average Bonchev–Trinajstić information content (AvgIpc) is 2.47. The van der Waals surface area contributed by atoms with Crippen LogP contribution in [0.2, 0.25) is 0 Å². The molecule has 1 aliphatic heterocycles. The van der Waals surface area contributed by atoms with E-state index in [4.69, 9.17) is 0 Å². The number of nitro benzene ring substituents is 1. The van der Waals surface area contributed by atoms with Crippen LogP contribution in [0.5, 0.6) is 0 Å². The van der Waals surface area contributed by atoms with Crippen molar-refractivity contribution in [3.63, 3.8) is 0 Å². The molecule has 0 radical (unpaired) electrons. The summed E-state index contributed by atoms with van der Waals surface area (Å²) in [5.74, 6) is 0. The predicted octanol–water partition coefficient (Wildman–Crippen LogP) is 0.967. The van der Waals surface area contributed by atoms with E-state index in [9.17, 15) is 18.5 Å². The summed E-state index contributed by atoms with van der Waals surface area (Å²) >= 11 is 0. The number of nitro groups is 1. The summed E-state index contributed by atoms with van der Waals surface area (Å²) < 4.78 is 26.3. The highest BCUT2D eigenvalue weighted by molar-refractivity contribution is 7.89. The van der Waals surface area contributed by atoms with Gasteiger partial charge in [-0.15, -0.1) is 0 Å². The van der Waals surface area contributed by atoms with Gasteiger partial charge in [0.1, 0.15) is 0 Å². The van der Waals surface area contributed by atoms with E-state index in [1.165, 1.54) is 35.6 Å². The van der Waals surface area contributed by atoms with E-state index in [2.05, 4.69) is 5.32 Å². The van der Waals surface area contributed by atoms with Crippen molar-refractivity contribution >= 4 is 15.7 Å². The third-order valence-corrected chi connectivity index (χ3v) is 5.46. The van der Waals surface area contributed by atoms with Crippen molar-refractivity contribution in [2.24, 2.45) is 0 Å². The molecule has 0 amide bonds. The molecule has 0 aromatic heterocycles. The van der Waals surface area contributed by atoms with Gasteiger partial charge in [-0.2, -0.15) is 4.31 Å². The quantitative estimate of drug-likeness (QED) is 0.660. The number of benzene rings is 1. The molecule has 1 saturated heterocycles. The number of nitrogens with zero attached hydrogens (tertiary/aromatic N) is 2. The lowest BCUT2D eigenvalue weighted by Crippen LogP contribution is -2.46. The van der Waals surface area contributed by atoms with E-state index in [1.807, 2.05) is 0 Å². The van der Waals surface area contributed by atoms with Crippen LogP contribution in [0, 0.1) is 10.1 Å². The van der Waals surface area contributed by atoms with E-state index in [0.717, 1.165) is 19.4 Å². The summed E-state index contributed by atoms with van der Waals surface area (Å²) in [6.07, 6.45) is 1.64. The van der Waals surface area contributed by atoms with Gasteiger partial charge in [-0.25, -0.2) is 8.42 Å². The molecule has 0 spiro atoms. The highest BCUT2D eigenvalue weighted by Crippen LogP contribution is 2.27. The van der Waals surface area contributed by atoms with Crippen molar-refractivity contribution in [1.82, 2.24) is 9.62 Å². The lowest BCUT2D eigenvalue weighted by molar-refractivity contribution is -0.387. The van der Waals surface area contributed by atoms with Crippen LogP contribution in [0.15, 0.2) is 29.2 Å². The summed E-state index contributed by atoms with van der Waals surface area (Å²) in [6.45, 7) is 1.44. The third-order valence-electron chi connectivity index (χ3n) is 3.50. The van der Waals surface area contributed by atoms with Crippen molar-refractivity contribution in [1.29, 1.82) is 0 Å². The fraction of sp³-hybridized carbons (Fsp3) is 0.500. The molecule has 1 heterocycles. The number of likely N-dealkylation sites (N-methyl/N-ethyl adjacent to an activating group) is 1. The van der Waals surface area contributed by atoms with Gasteiger partial charge in [0.15, 0.2) is 4.90 Å². The molecule has 110 valence electrons. The second-order valence-corrected chi connectivity index (χ2v) is 6.71. The second kappa shape index (κ2) is 5.86. The van der Waals surface area contributed by atoms with Crippen molar-refractivity contribution in [2.45, 2.75) is 23.8 Å². The molecule has 0 unspecified atom stereocenters. The van der Waals surface area contributed by atoms with Crippen molar-refractivity contribution in [2.75, 3.05) is 20.1 Å². The number of nitrogens with one attached hydrogen (secondary N) is 1. The molecule has 0 bridgehead atoms. The summed E-state index contributed by atoms with van der Waals surface area (Å²) in [7, 11) is -2.39. The summed E-state index contributed by atoms with van der Waals surface area (Å²) in [4.78, 5) is 10.1. The number of hydrogen-bond donors (Lipinski definition) is 1. The fourth-order valence-electron chi connectivity index (χ4n) is 2.32. The van der Waals surface area contributed by atoms with E-state index < -0.39 is 14.9 Å². The Labute approximate surface area is 117 Å². The molecule has 1 fully saturated rings. The standard InChI is InChI=1S/C12H17N3O4S/c1-14(10-5-4-8-13-9-10)20(18,19)12-7-3-2-6-11(12)15(16)17/h2-3,6-7,10,13H,4-5,8-9H2,1H3/t10-/m0/s1. The Kier molecular flexibility index (Phi) is 4.36. The average molecular weight is 299 g/mol. The molecule has 1 atom stereocenters. The monoisotopic (exact) mass is 299 g/mol. The van der Waals surface area contributed by atoms with Gasteiger partial charge in [0.2, 0.25) is 10.0 Å². The van der Waals surface area contributed by atoms with Crippen LogP contribution in [-0.2, 0) is 10.0 Å². The summed E-state index contributed by atoms with van der Waals surface area (Å²) in [6, 6.07) is 5.26. The Morgan fingerprint density at radius 1 is 1.40 bits per heavy atom. The van der Waals surface area contributed by atoms with Gasteiger partial charge in [-0.05, 0) is 25.5 Å². The highest BCUT2D eigenvalue weighted by Gasteiger charge is 2.33. The van der Waals surface area contributed by atoms with Gasteiger partial charge in [0.25, 0.3) is 5.69 Å². The molecule has 8 heteroatoms. The zero-order valence-corrected chi connectivity index (χ0v) is 12.0. The first-order chi connectivity index (χ1) is 9.44. The number of rotatable bonds is 4. The number of hydrogen-bond acceptors (Lipinski definition) is 5. The van der Waals surface area contributed by atoms with Gasteiger partial charge in [0.05, 0.1) is 4.92 Å². The minimum Gasteiger partial charge on any atom is -0.315 e. The Hall–Kier alpha value is -1.51. The maximum Gasteiger partial charge on any atom is 0.289 e. The van der Waals surface area contributed by atoms with E-state index in [1.54, 1.807) is 0 Å². The summed E-state index contributed by atoms with van der Waals surface area (Å²) in [5.41, 5.74) is -0.386. The van der Waals surface area contributed by atoms with Gasteiger partial charge >= 0.3 is 0 Å². The molecule has 1 aromatic rings. The van der Waals surface area contributed by atoms with Gasteiger partial charge < -0.3 is 5.32 Å². The van der Waals surface area contributed by atoms with Crippen LogP contribution < -0.4 is 5.32 Å². The second-order valence-electron chi connectivity index (χ2n) is 4.75. The van der Waals surface area contributed by atoms with Gasteiger partial charge in [-0.3, -0.25) is 10.1 Å². The Morgan fingerprint density at radius 3 is 2.70 bits per heavy atom. The van der Waals surface area contributed by atoms with Gasteiger partial charge in [-0.1, -0.05) is 12.1 Å². The fourth-order valence-corrected chi connectivity index (χ4v) is 3.86. The van der Waals surface area contributed by atoms with Crippen LogP contribution in [-0.4, -0.2) is 43.8 Å². The minimum absolute atomic E-state index is 0.173. The SMILES string of the molecule is CN([C@H]1CCCNC1)S(=O)(=O)c1ccccc1[N+](=O)[O-]. The van der Waals surface area contributed by atoms with E-state index >= 15 is 0 Å². The zero-order chi connectivity index (χ0) is 14.8. The Balaban J connectivity index is 2.37. The van der Waals surface area contributed by atoms with Crippen LogP contribution in [0.1, 0.15) is 12.8 Å². The molecule has 0 aliphatic carbocycles. The topological polar surface area (TPSA) is 92.6 Å². The van der Waals surface area contributed by atoms with Crippen LogP contribution >= 0.6 is 0 Å². The van der Waals surface area contributed by atoms with Crippen molar-refractivity contribution in [3.05, 3.63) is 34.4 Å². The largest absolute Gasteiger partial charge is 0.315 e. The molecule has 2 rings (SSSR count). The van der Waals surface area contributed by atoms with Gasteiger partial charge in [0, 0.05) is 25.7 Å². The summed E-state index contributed by atoms with van der Waals surface area (Å²) in [5, 5.41) is 14.1. The lowest BCUT2D eigenvalue weighted by atomic mass is 10.1. The predicted molar refractivity (Wildman–Crippen MR) is 73.9 cm³/mol. The maximum absolute atomic E-state index is 12.6. The van der Waals surface area contributed by atoms with Crippen LogP contribution in [0.25, 0.3) is 0 Å². The smallest absolute Gasteiger partial charge is 0.289 e. The minimum atomic E-state index is -3.86. The normalized spacial score (nSPS) is 20.0. The molecular weight excluding hydrogens is 282 g/mol. The molecule has 7 nitrogen and oxygen atoms in total. The Morgan fingerprint density at radius 2 is 2.10 bits per heavy atom.